The van der Waals surface area contributed by atoms with E-state index in [4.69, 9.17) is 29.4 Å². The van der Waals surface area contributed by atoms with Crippen molar-refractivity contribution in [2.45, 2.75) is 276 Å². The third-order valence-corrected chi connectivity index (χ3v) is 13.1. The maximum absolute atomic E-state index is 12.7. The number of rotatable bonds is 53. The number of hydrogen-bond donors (Lipinski definition) is 3. The molecule has 0 aromatic rings. The van der Waals surface area contributed by atoms with Crippen molar-refractivity contribution < 1.29 is 42.7 Å². The van der Waals surface area contributed by atoms with Gasteiger partial charge in [0.05, 0.1) is 19.8 Å². The number of aliphatic carboxylic acids is 1. The number of phosphoric ester groups is 1. The standard InChI is InChI=1S/C55H104NO9P/c1-3-5-7-9-11-13-15-17-19-21-23-25-26-27-28-30-32-34-36-38-40-42-44-46-48-62-49-52(50-63-66(60,61)64-51-53(56)55(58)59)65-54(57)47-45-43-41-39-37-35-33-31-29-24-22-20-18-16-14-12-10-8-6-4-2/h15,17,21,23,26-27,52-53H,3-14,16,18-20,22,24-25,28-51,56H2,1-2H3,(H,58,59)(H,60,61)/b17-15-,23-21-,27-26-. The highest BCUT2D eigenvalue weighted by Gasteiger charge is 2.27. The summed E-state index contributed by atoms with van der Waals surface area (Å²) in [7, 11) is -4.62. The molecule has 0 fully saturated rings. The highest BCUT2D eigenvalue weighted by Crippen LogP contribution is 2.43. The number of unbranched alkanes of at least 4 members (excludes halogenated alkanes) is 33. The number of carboxylic acids is 1. The third-order valence-electron chi connectivity index (χ3n) is 12.2. The van der Waals surface area contributed by atoms with Gasteiger partial charge in [-0.25, -0.2) is 4.57 Å². The molecule has 0 aliphatic heterocycles. The van der Waals surface area contributed by atoms with Gasteiger partial charge in [-0.2, -0.15) is 0 Å². The van der Waals surface area contributed by atoms with E-state index in [9.17, 15) is 19.0 Å². The zero-order valence-corrected chi connectivity index (χ0v) is 43.7. The first-order chi connectivity index (χ1) is 32.2. The minimum atomic E-state index is -4.62. The van der Waals surface area contributed by atoms with Crippen LogP contribution in [-0.2, 0) is 32.7 Å². The average molecular weight is 954 g/mol. The minimum Gasteiger partial charge on any atom is -0.480 e. The second-order valence-corrected chi connectivity index (χ2v) is 20.2. The average Bonchev–Trinajstić information content (AvgIpc) is 3.30. The topological polar surface area (TPSA) is 155 Å². The lowest BCUT2D eigenvalue weighted by molar-refractivity contribution is -0.154. The summed E-state index contributed by atoms with van der Waals surface area (Å²) in [5.41, 5.74) is 5.38. The fraction of sp³-hybridized carbons (Fsp3) is 0.855. The monoisotopic (exact) mass is 954 g/mol. The molecule has 10 nitrogen and oxygen atoms in total. The Morgan fingerprint density at radius 2 is 0.833 bits per heavy atom. The molecule has 0 saturated heterocycles. The Balaban J connectivity index is 4.09. The fourth-order valence-electron chi connectivity index (χ4n) is 7.91. The molecular formula is C55H104NO9P. The largest absolute Gasteiger partial charge is 0.480 e. The van der Waals surface area contributed by atoms with E-state index in [1.807, 2.05) is 0 Å². The van der Waals surface area contributed by atoms with Crippen LogP contribution < -0.4 is 5.73 Å². The first kappa shape index (κ1) is 64.2. The summed E-state index contributed by atoms with van der Waals surface area (Å²) in [6, 6.07) is -1.47. The van der Waals surface area contributed by atoms with Crippen molar-refractivity contribution in [3.8, 4) is 0 Å². The van der Waals surface area contributed by atoms with E-state index in [2.05, 4.69) is 50.3 Å². The normalized spacial score (nSPS) is 13.9. The van der Waals surface area contributed by atoms with Crippen LogP contribution in [0.3, 0.4) is 0 Å². The van der Waals surface area contributed by atoms with Gasteiger partial charge in [0.15, 0.2) is 0 Å². The van der Waals surface area contributed by atoms with Crippen molar-refractivity contribution in [2.75, 3.05) is 26.4 Å². The first-order valence-electron chi connectivity index (χ1n) is 27.5. The van der Waals surface area contributed by atoms with E-state index in [1.54, 1.807) is 0 Å². The van der Waals surface area contributed by atoms with Crippen molar-refractivity contribution in [1.29, 1.82) is 0 Å². The molecule has 388 valence electrons. The van der Waals surface area contributed by atoms with Crippen molar-refractivity contribution in [3.63, 3.8) is 0 Å². The Bertz CT molecular complexity index is 1190. The van der Waals surface area contributed by atoms with Gasteiger partial charge in [-0.1, -0.05) is 243 Å². The van der Waals surface area contributed by atoms with E-state index in [-0.39, 0.29) is 13.0 Å². The molecule has 0 aromatic carbocycles. The maximum atomic E-state index is 12.7. The molecule has 0 heterocycles. The molecule has 0 radical (unpaired) electrons. The fourth-order valence-corrected chi connectivity index (χ4v) is 8.69. The van der Waals surface area contributed by atoms with Gasteiger partial charge in [-0.15, -0.1) is 0 Å². The first-order valence-corrected chi connectivity index (χ1v) is 29.0. The second-order valence-electron chi connectivity index (χ2n) is 18.7. The highest BCUT2D eigenvalue weighted by molar-refractivity contribution is 7.47. The van der Waals surface area contributed by atoms with Gasteiger partial charge in [-0.3, -0.25) is 18.6 Å². The highest BCUT2D eigenvalue weighted by atomic mass is 31.2. The number of nitrogens with two attached hydrogens (primary N) is 1. The SMILES string of the molecule is CCCCCCC/C=C\C/C=C\C/C=C\CCCCCCCCCCCOCC(COP(=O)(O)OCC(N)C(=O)O)OC(=O)CCCCCCCCCCCCCCCCCCCCCC. The molecule has 0 saturated carbocycles. The predicted octanol–water partition coefficient (Wildman–Crippen LogP) is 16.4. The third kappa shape index (κ3) is 50.1. The van der Waals surface area contributed by atoms with Crippen LogP contribution in [0.4, 0.5) is 0 Å². The summed E-state index contributed by atoms with van der Waals surface area (Å²) < 4.78 is 33.6. The molecule has 3 atom stereocenters. The number of allylic oxidation sites excluding steroid dienone is 6. The Morgan fingerprint density at radius 1 is 0.485 bits per heavy atom. The minimum absolute atomic E-state index is 0.0163. The zero-order valence-electron chi connectivity index (χ0n) is 42.8. The van der Waals surface area contributed by atoms with E-state index < -0.39 is 45.1 Å². The summed E-state index contributed by atoms with van der Waals surface area (Å²) in [6.45, 7) is 3.91. The van der Waals surface area contributed by atoms with E-state index in [0.717, 1.165) is 51.4 Å². The molecule has 0 bridgehead atoms. The van der Waals surface area contributed by atoms with Gasteiger partial charge in [0.25, 0.3) is 0 Å². The molecule has 4 N–H and O–H groups in total. The van der Waals surface area contributed by atoms with Crippen LogP contribution in [0.5, 0.6) is 0 Å². The number of hydrogen-bond acceptors (Lipinski definition) is 8. The van der Waals surface area contributed by atoms with Crippen LogP contribution in [0.2, 0.25) is 0 Å². The van der Waals surface area contributed by atoms with Crippen LogP contribution >= 0.6 is 7.82 Å². The lowest BCUT2D eigenvalue weighted by atomic mass is 10.0. The van der Waals surface area contributed by atoms with Gasteiger partial charge in [0.1, 0.15) is 12.1 Å². The molecule has 0 aliphatic carbocycles. The van der Waals surface area contributed by atoms with Crippen LogP contribution in [0.15, 0.2) is 36.5 Å². The number of ether oxygens (including phenoxy) is 2. The van der Waals surface area contributed by atoms with Crippen LogP contribution in [0.25, 0.3) is 0 Å². The van der Waals surface area contributed by atoms with E-state index in [1.165, 1.54) is 186 Å². The van der Waals surface area contributed by atoms with Crippen molar-refractivity contribution in [3.05, 3.63) is 36.5 Å². The van der Waals surface area contributed by atoms with Crippen molar-refractivity contribution in [2.24, 2.45) is 5.73 Å². The number of carbonyl (C=O) groups excluding carboxylic acids is 1. The lowest BCUT2D eigenvalue weighted by Gasteiger charge is -2.20. The molecule has 0 aliphatic rings. The van der Waals surface area contributed by atoms with Gasteiger partial charge in [-0.05, 0) is 51.4 Å². The maximum Gasteiger partial charge on any atom is 0.472 e. The molecule has 11 heteroatoms. The van der Waals surface area contributed by atoms with Gasteiger partial charge in [0, 0.05) is 13.0 Å². The van der Waals surface area contributed by atoms with Crippen LogP contribution in [-0.4, -0.2) is 60.5 Å². The summed E-state index contributed by atoms with van der Waals surface area (Å²) in [5, 5.41) is 8.94. The van der Waals surface area contributed by atoms with Gasteiger partial charge >= 0.3 is 19.8 Å². The lowest BCUT2D eigenvalue weighted by Crippen LogP contribution is -2.34. The van der Waals surface area contributed by atoms with Crippen LogP contribution in [0, 0.1) is 0 Å². The predicted molar refractivity (Wildman–Crippen MR) is 277 cm³/mol. The Morgan fingerprint density at radius 3 is 1.24 bits per heavy atom. The smallest absolute Gasteiger partial charge is 0.472 e. The molecule has 0 rings (SSSR count). The van der Waals surface area contributed by atoms with Gasteiger partial charge in [0.2, 0.25) is 0 Å². The van der Waals surface area contributed by atoms with E-state index in [0.29, 0.717) is 13.0 Å². The second kappa shape index (κ2) is 51.1. The van der Waals surface area contributed by atoms with E-state index >= 15 is 0 Å². The Hall–Kier alpha value is -1.81. The summed E-state index contributed by atoms with van der Waals surface area (Å²) >= 11 is 0. The summed E-state index contributed by atoms with van der Waals surface area (Å²) in [4.78, 5) is 33.7. The molecule has 3 unspecified atom stereocenters. The number of carboxylic acid groups (broad SMARTS) is 1. The quantitative estimate of drug-likeness (QED) is 0.0232. The summed E-state index contributed by atoms with van der Waals surface area (Å²) in [6.07, 6.45) is 60.6. The molecule has 0 spiro atoms. The van der Waals surface area contributed by atoms with Crippen LogP contribution in [0.1, 0.15) is 264 Å². The van der Waals surface area contributed by atoms with Crippen molar-refractivity contribution in [1.82, 2.24) is 0 Å². The summed E-state index contributed by atoms with van der Waals surface area (Å²) in [5.74, 6) is -1.77. The Kier molecular flexibility index (Phi) is 49.7. The van der Waals surface area contributed by atoms with Crippen molar-refractivity contribution >= 4 is 19.8 Å². The molecule has 66 heavy (non-hydrogen) atoms. The molecule has 0 aromatic heterocycles. The zero-order chi connectivity index (χ0) is 48.3. The molecular weight excluding hydrogens is 850 g/mol. The number of esters is 1. The number of phosphoric acid groups is 1. The molecule has 0 amide bonds. The number of carbonyl (C=O) groups is 2. The van der Waals surface area contributed by atoms with Gasteiger partial charge < -0.3 is 25.2 Å². The Labute approximate surface area is 406 Å².